The van der Waals surface area contributed by atoms with Crippen LogP contribution in [0.2, 0.25) is 0 Å². The highest BCUT2D eigenvalue weighted by Crippen LogP contribution is 2.47. The molecule has 4 heteroatoms. The molecule has 0 bridgehead atoms. The summed E-state index contributed by atoms with van der Waals surface area (Å²) >= 11 is 0. The molecule has 108 valence electrons. The molecule has 0 aliphatic heterocycles. The molecular weight excluding hydrogens is 240 g/mol. The molecule has 0 radical (unpaired) electrons. The largest absolute Gasteiger partial charge is 0.493 e. The molecule has 19 heavy (non-hydrogen) atoms. The lowest BCUT2D eigenvalue weighted by atomic mass is 9.71. The Balaban J connectivity index is 2.36. The fourth-order valence-electron chi connectivity index (χ4n) is 3.15. The van der Waals surface area contributed by atoms with E-state index in [4.69, 9.17) is 4.74 Å². The number of methoxy groups -OCH3 is 1. The van der Waals surface area contributed by atoms with Crippen LogP contribution in [-0.4, -0.2) is 22.0 Å². The average molecular weight is 266 g/mol. The molecule has 1 heterocycles. The van der Waals surface area contributed by atoms with Gasteiger partial charge in [-0.3, -0.25) is 4.68 Å². The normalized spacial score (nSPS) is 20.5. The Morgan fingerprint density at radius 3 is 2.47 bits per heavy atom. The van der Waals surface area contributed by atoms with Gasteiger partial charge in [-0.2, -0.15) is 5.10 Å². The van der Waals surface area contributed by atoms with Gasteiger partial charge in [-0.05, 0) is 32.1 Å². The molecule has 0 spiro atoms. The summed E-state index contributed by atoms with van der Waals surface area (Å²) in [5.41, 5.74) is 0.778. The van der Waals surface area contributed by atoms with E-state index in [0.717, 1.165) is 18.5 Å². The van der Waals surface area contributed by atoms with Crippen LogP contribution in [0.1, 0.15) is 70.7 Å². The van der Waals surface area contributed by atoms with Gasteiger partial charge in [0.2, 0.25) is 0 Å². The Bertz CT molecular complexity index is 420. The molecule has 1 aliphatic rings. The molecule has 1 atom stereocenters. The fourth-order valence-corrected chi connectivity index (χ4v) is 3.15. The van der Waals surface area contributed by atoms with E-state index in [2.05, 4.69) is 25.9 Å². The smallest absolute Gasteiger partial charge is 0.162 e. The second-order valence-corrected chi connectivity index (χ2v) is 6.25. The topological polar surface area (TPSA) is 47.3 Å². The second-order valence-electron chi connectivity index (χ2n) is 6.25. The van der Waals surface area contributed by atoms with E-state index in [1.807, 2.05) is 4.68 Å². The molecule has 1 unspecified atom stereocenters. The molecule has 0 amide bonds. The summed E-state index contributed by atoms with van der Waals surface area (Å²) in [5.74, 6) is 0.702. The first-order valence-corrected chi connectivity index (χ1v) is 7.29. The number of ether oxygens (including phenoxy) is 1. The van der Waals surface area contributed by atoms with Crippen molar-refractivity contribution in [2.45, 2.75) is 65.0 Å². The van der Waals surface area contributed by atoms with Crippen LogP contribution in [0.15, 0.2) is 6.20 Å². The minimum atomic E-state index is -0.507. The first-order chi connectivity index (χ1) is 8.99. The van der Waals surface area contributed by atoms with Gasteiger partial charge in [0.25, 0.3) is 0 Å². The highest BCUT2D eigenvalue weighted by Gasteiger charge is 2.39. The number of hydrogen-bond acceptors (Lipinski definition) is 3. The third-order valence-corrected chi connectivity index (χ3v) is 4.42. The lowest BCUT2D eigenvalue weighted by molar-refractivity contribution is -0.0000539. The van der Waals surface area contributed by atoms with Gasteiger partial charge in [0.15, 0.2) is 5.75 Å². The van der Waals surface area contributed by atoms with Crippen molar-refractivity contribution < 1.29 is 9.84 Å². The molecule has 1 N–H and O–H groups in total. The zero-order chi connectivity index (χ0) is 14.0. The first-order valence-electron chi connectivity index (χ1n) is 7.29. The summed E-state index contributed by atoms with van der Waals surface area (Å²) in [6.07, 6.45) is 7.03. The maximum Gasteiger partial charge on any atom is 0.162 e. The van der Waals surface area contributed by atoms with Crippen molar-refractivity contribution in [3.05, 3.63) is 11.9 Å². The van der Waals surface area contributed by atoms with E-state index in [1.165, 1.54) is 19.3 Å². The second kappa shape index (κ2) is 5.53. The predicted octanol–water partition coefficient (Wildman–Crippen LogP) is 3.48. The van der Waals surface area contributed by atoms with Crippen molar-refractivity contribution >= 4 is 0 Å². The van der Waals surface area contributed by atoms with Crippen LogP contribution in [-0.2, 0) is 0 Å². The Morgan fingerprint density at radius 1 is 1.32 bits per heavy atom. The summed E-state index contributed by atoms with van der Waals surface area (Å²) in [5, 5.41) is 15.3. The Morgan fingerprint density at radius 2 is 1.95 bits per heavy atom. The molecule has 1 saturated carbocycles. The monoisotopic (exact) mass is 266 g/mol. The summed E-state index contributed by atoms with van der Waals surface area (Å²) in [6.45, 7) is 6.34. The van der Waals surface area contributed by atoms with Crippen LogP contribution < -0.4 is 4.74 Å². The van der Waals surface area contributed by atoms with E-state index in [0.29, 0.717) is 5.75 Å². The van der Waals surface area contributed by atoms with Crippen molar-refractivity contribution in [3.63, 3.8) is 0 Å². The van der Waals surface area contributed by atoms with Crippen molar-refractivity contribution in [1.29, 1.82) is 0 Å². The number of aliphatic hydroxyl groups is 1. The minimum absolute atomic E-state index is 0.0573. The third-order valence-electron chi connectivity index (χ3n) is 4.42. The number of rotatable bonds is 4. The quantitative estimate of drug-likeness (QED) is 0.907. The van der Waals surface area contributed by atoms with Crippen LogP contribution >= 0.6 is 0 Å². The van der Waals surface area contributed by atoms with Crippen LogP contribution in [0.3, 0.4) is 0 Å². The number of nitrogens with zero attached hydrogens (tertiary/aromatic N) is 2. The van der Waals surface area contributed by atoms with Gasteiger partial charge in [-0.15, -0.1) is 0 Å². The maximum absolute atomic E-state index is 10.9. The molecule has 0 aromatic carbocycles. The van der Waals surface area contributed by atoms with Gasteiger partial charge in [-0.25, -0.2) is 0 Å². The summed E-state index contributed by atoms with van der Waals surface area (Å²) in [7, 11) is 1.64. The van der Waals surface area contributed by atoms with E-state index >= 15 is 0 Å². The first kappa shape index (κ1) is 14.4. The molecular formula is C15H26N2O2. The lowest BCUT2D eigenvalue weighted by Gasteiger charge is -2.38. The Labute approximate surface area is 115 Å². The van der Waals surface area contributed by atoms with Gasteiger partial charge >= 0.3 is 0 Å². The average Bonchev–Trinajstić information content (AvgIpc) is 2.82. The van der Waals surface area contributed by atoms with E-state index in [-0.39, 0.29) is 11.5 Å². The SMILES string of the molecule is COc1cnn(C(C)C)c1C(O)C1(C)CCCCC1. The number of aliphatic hydroxyl groups excluding tert-OH is 1. The molecule has 1 aromatic heterocycles. The van der Waals surface area contributed by atoms with E-state index in [9.17, 15) is 5.11 Å². The van der Waals surface area contributed by atoms with Gasteiger partial charge < -0.3 is 9.84 Å². The Hall–Kier alpha value is -1.03. The molecule has 1 fully saturated rings. The van der Waals surface area contributed by atoms with Gasteiger partial charge in [0.05, 0.1) is 13.3 Å². The maximum atomic E-state index is 10.9. The van der Waals surface area contributed by atoms with E-state index < -0.39 is 6.10 Å². The third kappa shape index (κ3) is 2.64. The molecule has 4 nitrogen and oxygen atoms in total. The fraction of sp³-hybridized carbons (Fsp3) is 0.800. The molecule has 2 rings (SSSR count). The highest BCUT2D eigenvalue weighted by atomic mass is 16.5. The molecule has 1 aromatic rings. The highest BCUT2D eigenvalue weighted by molar-refractivity contribution is 5.29. The van der Waals surface area contributed by atoms with Gasteiger partial charge in [0.1, 0.15) is 11.8 Å². The van der Waals surface area contributed by atoms with Crippen molar-refractivity contribution in [2.24, 2.45) is 5.41 Å². The Kier molecular flexibility index (Phi) is 4.19. The molecule has 1 aliphatic carbocycles. The standard InChI is InChI=1S/C15H26N2O2/c1-11(2)17-13(12(19-4)10-16-17)14(18)15(3)8-6-5-7-9-15/h10-11,14,18H,5-9H2,1-4H3. The summed E-state index contributed by atoms with van der Waals surface area (Å²) in [6, 6.07) is 0.223. The summed E-state index contributed by atoms with van der Waals surface area (Å²) < 4.78 is 7.28. The van der Waals surface area contributed by atoms with Crippen LogP contribution in [0, 0.1) is 5.41 Å². The zero-order valence-electron chi connectivity index (χ0n) is 12.5. The van der Waals surface area contributed by atoms with Gasteiger partial charge in [0, 0.05) is 6.04 Å². The van der Waals surface area contributed by atoms with Crippen LogP contribution in [0.4, 0.5) is 0 Å². The minimum Gasteiger partial charge on any atom is -0.493 e. The molecule has 0 saturated heterocycles. The number of aromatic nitrogens is 2. The summed E-state index contributed by atoms with van der Waals surface area (Å²) in [4.78, 5) is 0. The van der Waals surface area contributed by atoms with Gasteiger partial charge in [-0.1, -0.05) is 26.2 Å². The van der Waals surface area contributed by atoms with Crippen LogP contribution in [0.5, 0.6) is 5.75 Å². The zero-order valence-corrected chi connectivity index (χ0v) is 12.5. The van der Waals surface area contributed by atoms with Crippen molar-refractivity contribution in [3.8, 4) is 5.75 Å². The van der Waals surface area contributed by atoms with Crippen molar-refractivity contribution in [2.75, 3.05) is 7.11 Å². The van der Waals surface area contributed by atoms with E-state index in [1.54, 1.807) is 13.3 Å². The van der Waals surface area contributed by atoms with Crippen molar-refractivity contribution in [1.82, 2.24) is 9.78 Å². The van der Waals surface area contributed by atoms with Crippen LogP contribution in [0.25, 0.3) is 0 Å². The number of hydrogen-bond donors (Lipinski definition) is 1. The lowest BCUT2D eigenvalue weighted by Crippen LogP contribution is -2.30. The predicted molar refractivity (Wildman–Crippen MR) is 75.3 cm³/mol.